The summed E-state index contributed by atoms with van der Waals surface area (Å²) < 4.78 is 2.17. The van der Waals surface area contributed by atoms with Gasteiger partial charge < -0.3 is 5.32 Å². The van der Waals surface area contributed by atoms with Crippen molar-refractivity contribution in [2.75, 3.05) is 11.1 Å². The molecule has 1 fully saturated rings. The molecule has 1 N–H and O–H groups in total. The lowest BCUT2D eigenvalue weighted by molar-refractivity contribution is -0.113. The first-order valence-electron chi connectivity index (χ1n) is 9.91. The molecule has 0 saturated heterocycles. The van der Waals surface area contributed by atoms with Gasteiger partial charge in [-0.05, 0) is 55.7 Å². The minimum absolute atomic E-state index is 0.0920. The number of aromatic nitrogens is 3. The van der Waals surface area contributed by atoms with E-state index in [4.69, 9.17) is 23.2 Å². The van der Waals surface area contributed by atoms with Crippen LogP contribution < -0.4 is 5.32 Å². The predicted molar refractivity (Wildman–Crippen MR) is 124 cm³/mol. The van der Waals surface area contributed by atoms with Crippen molar-refractivity contribution in [3.8, 4) is 11.4 Å². The van der Waals surface area contributed by atoms with E-state index in [-0.39, 0.29) is 11.7 Å². The average molecular weight is 461 g/mol. The first kappa shape index (κ1) is 21.2. The van der Waals surface area contributed by atoms with Gasteiger partial charge in [0.2, 0.25) is 5.91 Å². The van der Waals surface area contributed by atoms with Crippen LogP contribution in [-0.2, 0) is 4.79 Å². The molecule has 0 atom stereocenters. The third kappa shape index (κ3) is 4.66. The van der Waals surface area contributed by atoms with Gasteiger partial charge in [0.05, 0.1) is 10.8 Å². The average Bonchev–Trinajstić information content (AvgIpc) is 3.38. The SMILES string of the molecule is Cc1cc(Cl)ccc1NC(=O)CSc1nnc(-c2ccccc2Cl)n1C1CCCC1. The molecule has 4 rings (SSSR count). The normalized spacial score (nSPS) is 14.2. The van der Waals surface area contributed by atoms with Gasteiger partial charge >= 0.3 is 0 Å². The van der Waals surface area contributed by atoms with Crippen LogP contribution in [0.5, 0.6) is 0 Å². The van der Waals surface area contributed by atoms with Gasteiger partial charge in [-0.15, -0.1) is 10.2 Å². The third-order valence-corrected chi connectivity index (χ3v) is 6.77. The smallest absolute Gasteiger partial charge is 0.234 e. The Labute approximate surface area is 190 Å². The number of rotatable bonds is 6. The highest BCUT2D eigenvalue weighted by Gasteiger charge is 2.26. The summed E-state index contributed by atoms with van der Waals surface area (Å²) in [5, 5.41) is 13.8. The van der Waals surface area contributed by atoms with E-state index in [9.17, 15) is 4.79 Å². The Morgan fingerprint density at radius 3 is 2.67 bits per heavy atom. The Bertz CT molecular complexity index is 1060. The molecule has 1 aliphatic rings. The Morgan fingerprint density at radius 2 is 1.93 bits per heavy atom. The summed E-state index contributed by atoms with van der Waals surface area (Å²) in [7, 11) is 0. The molecule has 0 aliphatic heterocycles. The summed E-state index contributed by atoms with van der Waals surface area (Å²) in [6, 6.07) is 13.4. The van der Waals surface area contributed by atoms with Crippen LogP contribution in [0.2, 0.25) is 10.0 Å². The highest BCUT2D eigenvalue weighted by molar-refractivity contribution is 7.99. The molecule has 30 heavy (non-hydrogen) atoms. The molecule has 2 aromatic carbocycles. The lowest BCUT2D eigenvalue weighted by Gasteiger charge is -2.17. The molecular weight excluding hydrogens is 439 g/mol. The van der Waals surface area contributed by atoms with Gasteiger partial charge in [0.25, 0.3) is 0 Å². The Kier molecular flexibility index (Phi) is 6.66. The maximum atomic E-state index is 12.5. The van der Waals surface area contributed by atoms with Crippen LogP contribution in [0.1, 0.15) is 37.3 Å². The maximum Gasteiger partial charge on any atom is 0.234 e. The monoisotopic (exact) mass is 460 g/mol. The number of carbonyl (C=O) groups is 1. The molecule has 1 aliphatic carbocycles. The summed E-state index contributed by atoms with van der Waals surface area (Å²) in [4.78, 5) is 12.5. The van der Waals surface area contributed by atoms with Crippen LogP contribution in [0.4, 0.5) is 5.69 Å². The summed E-state index contributed by atoms with van der Waals surface area (Å²) >= 11 is 13.8. The standard InChI is InChI=1S/C22H22Cl2N4OS/c1-14-12-15(23)10-11-19(14)25-20(29)13-30-22-27-26-21(17-8-4-5-9-18(17)24)28(22)16-6-2-3-7-16/h4-5,8-12,16H,2-3,6-7,13H2,1H3,(H,25,29). The fraction of sp³-hybridized carbons (Fsp3) is 0.318. The number of thioether (sulfide) groups is 1. The molecule has 0 radical (unpaired) electrons. The van der Waals surface area contributed by atoms with Crippen molar-refractivity contribution in [2.24, 2.45) is 0 Å². The summed E-state index contributed by atoms with van der Waals surface area (Å²) in [6.07, 6.45) is 4.54. The van der Waals surface area contributed by atoms with Crippen molar-refractivity contribution in [3.63, 3.8) is 0 Å². The molecule has 1 aromatic heterocycles. The molecule has 156 valence electrons. The van der Waals surface area contributed by atoms with E-state index >= 15 is 0 Å². The molecule has 5 nitrogen and oxygen atoms in total. The van der Waals surface area contributed by atoms with Gasteiger partial charge in [-0.2, -0.15) is 0 Å². The summed E-state index contributed by atoms with van der Waals surface area (Å²) in [5.74, 6) is 0.921. The molecule has 1 heterocycles. The van der Waals surface area contributed by atoms with Crippen molar-refractivity contribution in [1.29, 1.82) is 0 Å². The maximum absolute atomic E-state index is 12.5. The first-order chi connectivity index (χ1) is 14.5. The van der Waals surface area contributed by atoms with E-state index in [1.807, 2.05) is 43.3 Å². The zero-order valence-electron chi connectivity index (χ0n) is 16.6. The predicted octanol–water partition coefficient (Wildman–Crippen LogP) is 6.41. The number of nitrogens with zero attached hydrogens (tertiary/aromatic N) is 3. The molecule has 1 saturated carbocycles. The van der Waals surface area contributed by atoms with Crippen LogP contribution in [0.25, 0.3) is 11.4 Å². The van der Waals surface area contributed by atoms with Gasteiger partial charge in [-0.1, -0.05) is 59.9 Å². The van der Waals surface area contributed by atoms with E-state index < -0.39 is 0 Å². The zero-order valence-corrected chi connectivity index (χ0v) is 18.9. The van der Waals surface area contributed by atoms with E-state index in [0.717, 1.165) is 40.6 Å². The Hall–Kier alpha value is -2.02. The van der Waals surface area contributed by atoms with Crippen LogP contribution in [0, 0.1) is 6.92 Å². The van der Waals surface area contributed by atoms with E-state index in [0.29, 0.717) is 16.1 Å². The molecule has 0 bridgehead atoms. The molecule has 8 heteroatoms. The number of aryl methyl sites for hydroxylation is 1. The number of benzene rings is 2. The fourth-order valence-corrected chi connectivity index (χ4v) is 5.03. The summed E-state index contributed by atoms with van der Waals surface area (Å²) in [6.45, 7) is 1.92. The third-order valence-electron chi connectivity index (χ3n) is 5.26. The first-order valence-corrected chi connectivity index (χ1v) is 11.7. The second-order valence-corrected chi connectivity index (χ2v) is 9.18. The number of halogens is 2. The molecule has 1 amide bonds. The topological polar surface area (TPSA) is 59.8 Å². The minimum atomic E-state index is -0.0920. The molecule has 0 spiro atoms. The van der Waals surface area contributed by atoms with E-state index in [2.05, 4.69) is 20.1 Å². The van der Waals surface area contributed by atoms with Crippen LogP contribution in [0.15, 0.2) is 47.6 Å². The second kappa shape index (κ2) is 9.41. The van der Waals surface area contributed by atoms with Crippen LogP contribution in [-0.4, -0.2) is 26.4 Å². The van der Waals surface area contributed by atoms with Crippen molar-refractivity contribution in [2.45, 2.75) is 43.8 Å². The molecule has 3 aromatic rings. The minimum Gasteiger partial charge on any atom is -0.325 e. The largest absolute Gasteiger partial charge is 0.325 e. The lowest BCUT2D eigenvalue weighted by atomic mass is 10.2. The number of anilines is 1. The van der Waals surface area contributed by atoms with Crippen molar-refractivity contribution in [3.05, 3.63) is 58.1 Å². The highest BCUT2D eigenvalue weighted by Crippen LogP contribution is 2.38. The van der Waals surface area contributed by atoms with Gasteiger partial charge in [0.15, 0.2) is 11.0 Å². The number of hydrogen-bond donors (Lipinski definition) is 1. The molecular formula is C22H22Cl2N4OS. The zero-order chi connectivity index (χ0) is 21.1. The Morgan fingerprint density at radius 1 is 1.17 bits per heavy atom. The van der Waals surface area contributed by atoms with Crippen LogP contribution in [0.3, 0.4) is 0 Å². The quantitative estimate of drug-likeness (QED) is 0.431. The second-order valence-electron chi connectivity index (χ2n) is 7.39. The summed E-state index contributed by atoms with van der Waals surface area (Å²) in [5.41, 5.74) is 2.56. The van der Waals surface area contributed by atoms with Crippen LogP contribution >= 0.6 is 35.0 Å². The van der Waals surface area contributed by atoms with Gasteiger partial charge in [0.1, 0.15) is 0 Å². The van der Waals surface area contributed by atoms with Gasteiger partial charge in [-0.3, -0.25) is 9.36 Å². The number of hydrogen-bond acceptors (Lipinski definition) is 4. The van der Waals surface area contributed by atoms with E-state index in [1.165, 1.54) is 24.6 Å². The number of nitrogens with one attached hydrogen (secondary N) is 1. The lowest BCUT2D eigenvalue weighted by Crippen LogP contribution is -2.16. The Balaban J connectivity index is 1.54. The number of carbonyl (C=O) groups excluding carboxylic acids is 1. The number of amides is 1. The van der Waals surface area contributed by atoms with Gasteiger partial charge in [-0.25, -0.2) is 0 Å². The molecule has 0 unspecified atom stereocenters. The van der Waals surface area contributed by atoms with E-state index in [1.54, 1.807) is 6.07 Å². The van der Waals surface area contributed by atoms with Crippen molar-refractivity contribution < 1.29 is 4.79 Å². The van der Waals surface area contributed by atoms with Gasteiger partial charge in [0, 0.05) is 22.3 Å². The highest BCUT2D eigenvalue weighted by atomic mass is 35.5. The van der Waals surface area contributed by atoms with Crippen molar-refractivity contribution in [1.82, 2.24) is 14.8 Å². The fourth-order valence-electron chi connectivity index (χ4n) is 3.78. The van der Waals surface area contributed by atoms with Crippen molar-refractivity contribution >= 4 is 46.6 Å².